The van der Waals surface area contributed by atoms with Gasteiger partial charge in [-0.05, 0) is 55.3 Å². The van der Waals surface area contributed by atoms with Crippen LogP contribution in [0.2, 0.25) is 5.02 Å². The molecule has 1 aliphatic rings. The number of hydrogen-bond acceptors (Lipinski definition) is 3. The normalized spacial score (nSPS) is 14.5. The fourth-order valence-corrected chi connectivity index (χ4v) is 3.51. The Bertz CT molecular complexity index is 1020. The van der Waals surface area contributed by atoms with Gasteiger partial charge in [0.05, 0.1) is 18.4 Å². The first-order valence-electron chi connectivity index (χ1n) is 9.66. The third kappa shape index (κ3) is 4.94. The van der Waals surface area contributed by atoms with Gasteiger partial charge < -0.3 is 5.32 Å². The van der Waals surface area contributed by atoms with E-state index >= 15 is 0 Å². The molecule has 148 valence electrons. The molecular formula is C23H23ClN4O. The zero-order chi connectivity index (χ0) is 20.2. The van der Waals surface area contributed by atoms with Gasteiger partial charge in [0, 0.05) is 35.6 Å². The lowest BCUT2D eigenvalue weighted by Gasteiger charge is -2.25. The van der Waals surface area contributed by atoms with Crippen LogP contribution < -0.4 is 5.32 Å². The number of nitrogens with zero attached hydrogens (tertiary/aromatic N) is 3. The molecule has 2 heterocycles. The first-order chi connectivity index (χ1) is 14.1. The summed E-state index contributed by atoms with van der Waals surface area (Å²) in [5.41, 5.74) is 5.46. The first-order valence-corrected chi connectivity index (χ1v) is 10.0. The van der Waals surface area contributed by atoms with Crippen LogP contribution >= 0.6 is 11.6 Å². The van der Waals surface area contributed by atoms with Crippen molar-refractivity contribution in [3.63, 3.8) is 0 Å². The van der Waals surface area contributed by atoms with Crippen molar-refractivity contribution >= 4 is 28.8 Å². The minimum absolute atomic E-state index is 0.0173. The fourth-order valence-electron chi connectivity index (χ4n) is 3.38. The standard InChI is InChI=1S/C23H23ClN4O/c1-17-2-8-22(9-3-17)28-15-19(14-25-28)18-10-12-27(13-11-18)16-23(29)26-21-6-4-20(24)5-7-21/h2-10,14-15H,11-13,16H2,1H3,(H,26,29). The molecule has 0 saturated carbocycles. The van der Waals surface area contributed by atoms with Crippen LogP contribution in [0.25, 0.3) is 11.3 Å². The van der Waals surface area contributed by atoms with Gasteiger partial charge in [0.15, 0.2) is 0 Å². The minimum Gasteiger partial charge on any atom is -0.325 e. The third-order valence-electron chi connectivity index (χ3n) is 5.04. The number of benzene rings is 2. The highest BCUT2D eigenvalue weighted by Crippen LogP contribution is 2.23. The topological polar surface area (TPSA) is 50.2 Å². The van der Waals surface area contributed by atoms with Gasteiger partial charge in [-0.2, -0.15) is 5.10 Å². The highest BCUT2D eigenvalue weighted by atomic mass is 35.5. The lowest BCUT2D eigenvalue weighted by molar-refractivity contribution is -0.117. The zero-order valence-corrected chi connectivity index (χ0v) is 17.1. The minimum atomic E-state index is -0.0173. The second-order valence-corrected chi connectivity index (χ2v) is 7.72. The number of carbonyl (C=O) groups is 1. The number of hydrogen-bond donors (Lipinski definition) is 1. The quantitative estimate of drug-likeness (QED) is 0.675. The number of aryl methyl sites for hydroxylation is 1. The average Bonchev–Trinajstić information content (AvgIpc) is 3.21. The van der Waals surface area contributed by atoms with Crippen molar-refractivity contribution in [3.8, 4) is 5.69 Å². The van der Waals surface area contributed by atoms with Gasteiger partial charge in [-0.1, -0.05) is 35.4 Å². The maximum Gasteiger partial charge on any atom is 0.238 e. The summed E-state index contributed by atoms with van der Waals surface area (Å²) in [6, 6.07) is 15.5. The molecule has 0 saturated heterocycles. The molecule has 5 nitrogen and oxygen atoms in total. The van der Waals surface area contributed by atoms with Gasteiger partial charge in [0.25, 0.3) is 0 Å². The number of halogens is 1. The number of rotatable bonds is 5. The smallest absolute Gasteiger partial charge is 0.238 e. The van der Waals surface area contributed by atoms with E-state index in [1.165, 1.54) is 11.1 Å². The van der Waals surface area contributed by atoms with Crippen LogP contribution in [0, 0.1) is 6.92 Å². The Morgan fingerprint density at radius 3 is 2.59 bits per heavy atom. The zero-order valence-electron chi connectivity index (χ0n) is 16.3. The molecule has 0 spiro atoms. The Hall–Kier alpha value is -2.89. The van der Waals surface area contributed by atoms with E-state index in [4.69, 9.17) is 11.6 Å². The molecule has 0 unspecified atom stereocenters. The van der Waals surface area contributed by atoms with Crippen LogP contribution in [0.1, 0.15) is 17.5 Å². The van der Waals surface area contributed by atoms with Crippen molar-refractivity contribution in [3.05, 3.63) is 83.2 Å². The van der Waals surface area contributed by atoms with Gasteiger partial charge >= 0.3 is 0 Å². The summed E-state index contributed by atoms with van der Waals surface area (Å²) in [4.78, 5) is 14.4. The molecule has 0 aliphatic carbocycles. The van der Waals surface area contributed by atoms with Gasteiger partial charge in [0.1, 0.15) is 0 Å². The van der Waals surface area contributed by atoms with Crippen molar-refractivity contribution in [1.29, 1.82) is 0 Å². The van der Waals surface area contributed by atoms with E-state index in [1.807, 2.05) is 10.9 Å². The summed E-state index contributed by atoms with van der Waals surface area (Å²) in [7, 11) is 0. The largest absolute Gasteiger partial charge is 0.325 e. The number of amides is 1. The Morgan fingerprint density at radius 2 is 1.90 bits per heavy atom. The summed E-state index contributed by atoms with van der Waals surface area (Å²) in [5.74, 6) is -0.0173. The Kier molecular flexibility index (Phi) is 5.79. The van der Waals surface area contributed by atoms with Crippen LogP contribution in [0.5, 0.6) is 0 Å². The van der Waals surface area contributed by atoms with E-state index in [9.17, 15) is 4.79 Å². The maximum atomic E-state index is 12.3. The van der Waals surface area contributed by atoms with Gasteiger partial charge in [-0.15, -0.1) is 0 Å². The van der Waals surface area contributed by atoms with Crippen molar-refractivity contribution in [2.75, 3.05) is 25.0 Å². The third-order valence-corrected chi connectivity index (χ3v) is 5.29. The van der Waals surface area contributed by atoms with Crippen molar-refractivity contribution in [1.82, 2.24) is 14.7 Å². The molecule has 2 aromatic carbocycles. The molecule has 1 aromatic heterocycles. The fraction of sp³-hybridized carbons (Fsp3) is 0.217. The van der Waals surface area contributed by atoms with E-state index in [0.29, 0.717) is 11.6 Å². The highest BCUT2D eigenvalue weighted by Gasteiger charge is 2.17. The molecular weight excluding hydrogens is 384 g/mol. The summed E-state index contributed by atoms with van der Waals surface area (Å²) in [5, 5.41) is 8.07. The number of nitrogens with one attached hydrogen (secondary N) is 1. The number of anilines is 1. The van der Waals surface area contributed by atoms with Crippen molar-refractivity contribution in [2.45, 2.75) is 13.3 Å². The molecule has 4 rings (SSSR count). The average molecular weight is 407 g/mol. The SMILES string of the molecule is Cc1ccc(-n2cc(C3=CCN(CC(=O)Nc4ccc(Cl)cc4)CC3)cn2)cc1. The lowest BCUT2D eigenvalue weighted by atomic mass is 10.0. The van der Waals surface area contributed by atoms with Gasteiger partial charge in [-0.25, -0.2) is 4.68 Å². The molecule has 0 radical (unpaired) electrons. The second kappa shape index (κ2) is 8.64. The molecule has 0 atom stereocenters. The first kappa shape index (κ1) is 19.4. The molecule has 1 amide bonds. The predicted molar refractivity (Wildman–Crippen MR) is 117 cm³/mol. The Labute approximate surface area is 175 Å². The predicted octanol–water partition coefficient (Wildman–Crippen LogP) is 4.56. The Balaban J connectivity index is 1.34. The van der Waals surface area contributed by atoms with E-state index in [1.54, 1.807) is 24.3 Å². The molecule has 0 bridgehead atoms. The van der Waals surface area contributed by atoms with Crippen LogP contribution in [-0.2, 0) is 4.79 Å². The summed E-state index contributed by atoms with van der Waals surface area (Å²) < 4.78 is 1.90. The van der Waals surface area contributed by atoms with Crippen molar-refractivity contribution in [2.24, 2.45) is 0 Å². The summed E-state index contributed by atoms with van der Waals surface area (Å²) in [6.07, 6.45) is 7.07. The number of carbonyl (C=O) groups excluding carboxylic acids is 1. The van der Waals surface area contributed by atoms with Crippen LogP contribution in [0.15, 0.2) is 67.0 Å². The molecule has 1 aliphatic heterocycles. The number of aromatic nitrogens is 2. The van der Waals surface area contributed by atoms with Crippen LogP contribution in [0.3, 0.4) is 0 Å². The van der Waals surface area contributed by atoms with Crippen LogP contribution in [-0.4, -0.2) is 40.2 Å². The second-order valence-electron chi connectivity index (χ2n) is 7.28. The molecule has 29 heavy (non-hydrogen) atoms. The highest BCUT2D eigenvalue weighted by molar-refractivity contribution is 6.30. The van der Waals surface area contributed by atoms with E-state index in [0.717, 1.165) is 36.4 Å². The van der Waals surface area contributed by atoms with Crippen LogP contribution in [0.4, 0.5) is 5.69 Å². The molecule has 6 heteroatoms. The van der Waals surface area contributed by atoms with Gasteiger partial charge in [0.2, 0.25) is 5.91 Å². The lowest BCUT2D eigenvalue weighted by Crippen LogP contribution is -2.36. The molecule has 1 N–H and O–H groups in total. The summed E-state index contributed by atoms with van der Waals surface area (Å²) in [6.45, 7) is 4.04. The van der Waals surface area contributed by atoms with E-state index in [-0.39, 0.29) is 5.91 Å². The summed E-state index contributed by atoms with van der Waals surface area (Å²) >= 11 is 5.88. The molecule has 3 aromatic rings. The Morgan fingerprint density at radius 1 is 1.14 bits per heavy atom. The van der Waals surface area contributed by atoms with Crippen molar-refractivity contribution < 1.29 is 4.79 Å². The van der Waals surface area contributed by atoms with E-state index in [2.05, 4.69) is 58.8 Å². The van der Waals surface area contributed by atoms with Gasteiger partial charge in [-0.3, -0.25) is 9.69 Å². The molecule has 0 fully saturated rings. The monoisotopic (exact) mass is 406 g/mol. The van der Waals surface area contributed by atoms with E-state index < -0.39 is 0 Å². The maximum absolute atomic E-state index is 12.3.